The first-order valence-corrected chi connectivity index (χ1v) is 5.75. The average molecular weight is 182 g/mol. The molecule has 0 spiro atoms. The second kappa shape index (κ2) is 3.97. The minimum Gasteiger partial charge on any atom is -0.328 e. The van der Waals surface area contributed by atoms with E-state index in [9.17, 15) is 0 Å². The van der Waals surface area contributed by atoms with Crippen molar-refractivity contribution in [2.24, 2.45) is 11.7 Å². The van der Waals surface area contributed by atoms with Gasteiger partial charge in [0.25, 0.3) is 0 Å². The third-order valence-electron chi connectivity index (χ3n) is 3.71. The van der Waals surface area contributed by atoms with Crippen LogP contribution in [-0.2, 0) is 0 Å². The second-order valence-corrected chi connectivity index (χ2v) is 4.96. The van der Waals surface area contributed by atoms with Crippen LogP contribution in [0, 0.1) is 5.92 Å². The summed E-state index contributed by atoms with van der Waals surface area (Å²) in [5.74, 6) is 0.926. The van der Waals surface area contributed by atoms with E-state index in [0.717, 1.165) is 12.0 Å². The number of hydrogen-bond acceptors (Lipinski definition) is 2. The monoisotopic (exact) mass is 182 g/mol. The lowest BCUT2D eigenvalue weighted by atomic mass is 9.91. The Balaban J connectivity index is 1.81. The van der Waals surface area contributed by atoms with Crippen LogP contribution in [0.3, 0.4) is 0 Å². The van der Waals surface area contributed by atoms with E-state index in [-0.39, 0.29) is 0 Å². The van der Waals surface area contributed by atoms with Gasteiger partial charge in [0, 0.05) is 18.6 Å². The molecule has 13 heavy (non-hydrogen) atoms. The summed E-state index contributed by atoms with van der Waals surface area (Å²) in [7, 11) is 0. The van der Waals surface area contributed by atoms with Crippen LogP contribution in [0.25, 0.3) is 0 Å². The highest BCUT2D eigenvalue weighted by Crippen LogP contribution is 2.26. The van der Waals surface area contributed by atoms with Gasteiger partial charge in [-0.25, -0.2) is 0 Å². The summed E-state index contributed by atoms with van der Waals surface area (Å²) in [6.07, 6.45) is 6.58. The molecule has 2 fully saturated rings. The molecule has 2 N–H and O–H groups in total. The van der Waals surface area contributed by atoms with Gasteiger partial charge >= 0.3 is 0 Å². The lowest BCUT2D eigenvalue weighted by Gasteiger charge is -2.33. The molecule has 1 aliphatic heterocycles. The molecule has 1 saturated carbocycles. The molecular weight excluding hydrogens is 160 g/mol. The van der Waals surface area contributed by atoms with E-state index in [1.165, 1.54) is 45.2 Å². The van der Waals surface area contributed by atoms with Crippen LogP contribution < -0.4 is 5.73 Å². The van der Waals surface area contributed by atoms with Crippen molar-refractivity contribution in [3.05, 3.63) is 0 Å². The van der Waals surface area contributed by atoms with E-state index >= 15 is 0 Å². The smallest absolute Gasteiger partial charge is 0.00965 e. The van der Waals surface area contributed by atoms with Crippen molar-refractivity contribution < 1.29 is 0 Å². The minimum atomic E-state index is 0.497. The molecule has 0 aromatic rings. The first kappa shape index (κ1) is 9.47. The highest BCUT2D eigenvalue weighted by Gasteiger charge is 2.28. The second-order valence-electron chi connectivity index (χ2n) is 4.96. The first-order chi connectivity index (χ1) is 6.25. The van der Waals surface area contributed by atoms with Gasteiger partial charge in [0.1, 0.15) is 0 Å². The van der Waals surface area contributed by atoms with Crippen LogP contribution in [0.4, 0.5) is 0 Å². The van der Waals surface area contributed by atoms with Gasteiger partial charge in [-0.05, 0) is 44.6 Å². The third-order valence-corrected chi connectivity index (χ3v) is 3.71. The fourth-order valence-corrected chi connectivity index (χ4v) is 2.77. The van der Waals surface area contributed by atoms with Crippen LogP contribution in [0.2, 0.25) is 0 Å². The standard InChI is InChI=1S/C11H22N2/c1-9-6-7-13(8-9)11-4-2-10(12)3-5-11/h9-11H,2-8,12H2,1H3/t9-,10?,11?/m0/s1. The van der Waals surface area contributed by atoms with E-state index in [2.05, 4.69) is 11.8 Å². The van der Waals surface area contributed by atoms with Crippen molar-refractivity contribution in [1.29, 1.82) is 0 Å². The summed E-state index contributed by atoms with van der Waals surface area (Å²) in [5.41, 5.74) is 5.90. The topological polar surface area (TPSA) is 29.3 Å². The SMILES string of the molecule is C[C@H]1CCN(C2CCC(N)CC2)C1. The van der Waals surface area contributed by atoms with E-state index in [1.807, 2.05) is 0 Å². The molecule has 2 rings (SSSR count). The number of likely N-dealkylation sites (tertiary alicyclic amines) is 1. The van der Waals surface area contributed by atoms with Gasteiger partial charge in [-0.1, -0.05) is 6.92 Å². The van der Waals surface area contributed by atoms with Crippen molar-refractivity contribution in [2.45, 2.75) is 51.1 Å². The molecule has 1 aliphatic carbocycles. The normalized spacial score (nSPS) is 42.5. The van der Waals surface area contributed by atoms with E-state index in [0.29, 0.717) is 6.04 Å². The summed E-state index contributed by atoms with van der Waals surface area (Å²) in [6.45, 7) is 5.04. The third kappa shape index (κ3) is 2.23. The van der Waals surface area contributed by atoms with Crippen LogP contribution in [0.1, 0.15) is 39.0 Å². The molecule has 2 nitrogen and oxygen atoms in total. The quantitative estimate of drug-likeness (QED) is 0.667. The maximum atomic E-state index is 5.90. The highest BCUT2D eigenvalue weighted by atomic mass is 15.2. The zero-order valence-electron chi connectivity index (χ0n) is 8.71. The Labute approximate surface area is 81.5 Å². The molecule has 2 heteroatoms. The molecule has 0 aromatic carbocycles. The van der Waals surface area contributed by atoms with Gasteiger partial charge in [-0.15, -0.1) is 0 Å². The van der Waals surface area contributed by atoms with E-state index < -0.39 is 0 Å². The summed E-state index contributed by atoms with van der Waals surface area (Å²) in [5, 5.41) is 0. The van der Waals surface area contributed by atoms with Crippen LogP contribution in [0.5, 0.6) is 0 Å². The number of rotatable bonds is 1. The summed E-state index contributed by atoms with van der Waals surface area (Å²) in [6, 6.07) is 1.36. The first-order valence-electron chi connectivity index (χ1n) is 5.75. The molecule has 0 radical (unpaired) electrons. The zero-order chi connectivity index (χ0) is 9.26. The van der Waals surface area contributed by atoms with Crippen molar-refractivity contribution in [2.75, 3.05) is 13.1 Å². The number of nitrogens with zero attached hydrogens (tertiary/aromatic N) is 1. The Bertz CT molecular complexity index is 161. The molecule has 1 heterocycles. The maximum Gasteiger partial charge on any atom is 0.00965 e. The molecule has 1 atom stereocenters. The predicted octanol–water partition coefficient (Wildman–Crippen LogP) is 1.60. The Hall–Kier alpha value is -0.0800. The summed E-state index contributed by atoms with van der Waals surface area (Å²) >= 11 is 0. The van der Waals surface area contributed by atoms with Gasteiger partial charge in [0.15, 0.2) is 0 Å². The highest BCUT2D eigenvalue weighted by molar-refractivity contribution is 4.84. The zero-order valence-corrected chi connectivity index (χ0v) is 8.71. The molecule has 0 amide bonds. The average Bonchev–Trinajstić information content (AvgIpc) is 2.53. The van der Waals surface area contributed by atoms with Gasteiger partial charge in [0.05, 0.1) is 0 Å². The molecule has 0 aromatic heterocycles. The Morgan fingerprint density at radius 2 is 1.77 bits per heavy atom. The Morgan fingerprint density at radius 3 is 2.31 bits per heavy atom. The number of hydrogen-bond donors (Lipinski definition) is 1. The van der Waals surface area contributed by atoms with Crippen molar-refractivity contribution in [1.82, 2.24) is 4.90 Å². The Morgan fingerprint density at radius 1 is 1.08 bits per heavy atom. The molecule has 0 unspecified atom stereocenters. The lowest BCUT2D eigenvalue weighted by molar-refractivity contribution is 0.178. The fraction of sp³-hybridized carbons (Fsp3) is 1.00. The molecule has 76 valence electrons. The molecule has 1 saturated heterocycles. The van der Waals surface area contributed by atoms with E-state index in [1.54, 1.807) is 0 Å². The molecule has 2 aliphatic rings. The van der Waals surface area contributed by atoms with Crippen LogP contribution >= 0.6 is 0 Å². The largest absolute Gasteiger partial charge is 0.328 e. The molecule has 0 bridgehead atoms. The van der Waals surface area contributed by atoms with Gasteiger partial charge in [0.2, 0.25) is 0 Å². The number of nitrogens with two attached hydrogens (primary N) is 1. The fourth-order valence-electron chi connectivity index (χ4n) is 2.77. The maximum absolute atomic E-state index is 5.90. The van der Waals surface area contributed by atoms with Crippen molar-refractivity contribution in [3.8, 4) is 0 Å². The van der Waals surface area contributed by atoms with Crippen molar-refractivity contribution in [3.63, 3.8) is 0 Å². The summed E-state index contributed by atoms with van der Waals surface area (Å²) < 4.78 is 0. The van der Waals surface area contributed by atoms with E-state index in [4.69, 9.17) is 5.73 Å². The molecular formula is C11H22N2. The van der Waals surface area contributed by atoms with Crippen molar-refractivity contribution >= 4 is 0 Å². The lowest BCUT2D eigenvalue weighted by Crippen LogP contribution is -2.39. The van der Waals surface area contributed by atoms with Crippen LogP contribution in [0.15, 0.2) is 0 Å². The van der Waals surface area contributed by atoms with Gasteiger partial charge in [-0.2, -0.15) is 0 Å². The van der Waals surface area contributed by atoms with Crippen LogP contribution in [-0.4, -0.2) is 30.1 Å². The van der Waals surface area contributed by atoms with Gasteiger partial charge in [-0.3, -0.25) is 0 Å². The minimum absolute atomic E-state index is 0.497. The summed E-state index contributed by atoms with van der Waals surface area (Å²) in [4.78, 5) is 2.69. The predicted molar refractivity (Wildman–Crippen MR) is 55.6 cm³/mol. The Kier molecular flexibility index (Phi) is 2.89. The van der Waals surface area contributed by atoms with Gasteiger partial charge < -0.3 is 10.6 Å².